The Labute approximate surface area is 110 Å². The van der Waals surface area contributed by atoms with Gasteiger partial charge in [0.25, 0.3) is 0 Å². The Kier molecular flexibility index (Phi) is 7.96. The number of unbranched alkanes of at least 4 members (excludes halogenated alkanes) is 1. The lowest BCUT2D eigenvalue weighted by molar-refractivity contribution is -0.123. The standard InChI is InChI=1S/C13H27N3O2/c1-2-3-7-16(8-6-14)11-13(17)15-12-4-9-18-10-5-12/h12H,2-11,14H2,1H3,(H,15,17). The summed E-state index contributed by atoms with van der Waals surface area (Å²) in [6.07, 6.45) is 4.11. The van der Waals surface area contributed by atoms with Crippen LogP contribution in [0.25, 0.3) is 0 Å². The van der Waals surface area contributed by atoms with Gasteiger partial charge in [-0.15, -0.1) is 0 Å². The minimum Gasteiger partial charge on any atom is -0.381 e. The van der Waals surface area contributed by atoms with Crippen LogP contribution in [0.2, 0.25) is 0 Å². The van der Waals surface area contributed by atoms with Gasteiger partial charge in [-0.25, -0.2) is 0 Å². The van der Waals surface area contributed by atoms with Gasteiger partial charge in [-0.3, -0.25) is 9.69 Å². The van der Waals surface area contributed by atoms with E-state index in [0.717, 1.165) is 52.0 Å². The number of amides is 1. The van der Waals surface area contributed by atoms with Crippen LogP contribution in [0.1, 0.15) is 32.6 Å². The van der Waals surface area contributed by atoms with E-state index >= 15 is 0 Å². The largest absolute Gasteiger partial charge is 0.381 e. The van der Waals surface area contributed by atoms with Crippen LogP contribution >= 0.6 is 0 Å². The minimum atomic E-state index is 0.117. The molecule has 0 aromatic carbocycles. The van der Waals surface area contributed by atoms with Crippen molar-refractivity contribution in [3.05, 3.63) is 0 Å². The van der Waals surface area contributed by atoms with Gasteiger partial charge in [0.1, 0.15) is 0 Å². The highest BCUT2D eigenvalue weighted by atomic mass is 16.5. The van der Waals surface area contributed by atoms with Crippen LogP contribution in [0.15, 0.2) is 0 Å². The molecule has 18 heavy (non-hydrogen) atoms. The fourth-order valence-corrected chi connectivity index (χ4v) is 2.15. The lowest BCUT2D eigenvalue weighted by Gasteiger charge is -2.25. The molecule has 1 rings (SSSR count). The van der Waals surface area contributed by atoms with E-state index in [4.69, 9.17) is 10.5 Å². The molecule has 0 saturated carbocycles. The van der Waals surface area contributed by atoms with Crippen molar-refractivity contribution in [1.29, 1.82) is 0 Å². The zero-order valence-electron chi connectivity index (χ0n) is 11.5. The highest BCUT2D eigenvalue weighted by molar-refractivity contribution is 5.78. The third-order valence-corrected chi connectivity index (χ3v) is 3.23. The second-order valence-electron chi connectivity index (χ2n) is 4.87. The van der Waals surface area contributed by atoms with Gasteiger partial charge in [-0.05, 0) is 25.8 Å². The summed E-state index contributed by atoms with van der Waals surface area (Å²) >= 11 is 0. The predicted octanol–water partition coefficient (Wildman–Crippen LogP) is 0.342. The molecular weight excluding hydrogens is 230 g/mol. The maximum absolute atomic E-state index is 11.9. The summed E-state index contributed by atoms with van der Waals surface area (Å²) in [5.74, 6) is 0.117. The predicted molar refractivity (Wildman–Crippen MR) is 72.4 cm³/mol. The Bertz CT molecular complexity index is 230. The zero-order valence-corrected chi connectivity index (χ0v) is 11.5. The van der Waals surface area contributed by atoms with E-state index in [-0.39, 0.29) is 11.9 Å². The first-order chi connectivity index (χ1) is 8.76. The topological polar surface area (TPSA) is 67.6 Å². The van der Waals surface area contributed by atoms with Gasteiger partial charge in [-0.2, -0.15) is 0 Å². The van der Waals surface area contributed by atoms with E-state index in [9.17, 15) is 4.79 Å². The first-order valence-corrected chi connectivity index (χ1v) is 7.05. The molecule has 0 radical (unpaired) electrons. The van der Waals surface area contributed by atoms with E-state index in [1.54, 1.807) is 0 Å². The van der Waals surface area contributed by atoms with Crippen molar-refractivity contribution in [2.75, 3.05) is 39.4 Å². The van der Waals surface area contributed by atoms with E-state index < -0.39 is 0 Å². The van der Waals surface area contributed by atoms with Crippen LogP contribution in [0.3, 0.4) is 0 Å². The van der Waals surface area contributed by atoms with E-state index in [1.165, 1.54) is 0 Å². The summed E-state index contributed by atoms with van der Waals surface area (Å²) in [6, 6.07) is 0.289. The van der Waals surface area contributed by atoms with Crippen molar-refractivity contribution in [3.8, 4) is 0 Å². The number of carbonyl (C=O) groups is 1. The molecule has 0 aliphatic carbocycles. The van der Waals surface area contributed by atoms with Crippen LogP contribution in [0.5, 0.6) is 0 Å². The van der Waals surface area contributed by atoms with Crippen molar-refractivity contribution in [2.24, 2.45) is 5.73 Å². The number of rotatable bonds is 8. The lowest BCUT2D eigenvalue weighted by atomic mass is 10.1. The number of hydrogen-bond donors (Lipinski definition) is 2. The highest BCUT2D eigenvalue weighted by Gasteiger charge is 2.17. The number of ether oxygens (including phenoxy) is 1. The van der Waals surface area contributed by atoms with E-state index in [2.05, 4.69) is 17.1 Å². The molecule has 106 valence electrons. The van der Waals surface area contributed by atoms with Crippen molar-refractivity contribution in [3.63, 3.8) is 0 Å². The molecule has 1 saturated heterocycles. The number of nitrogens with two attached hydrogens (primary N) is 1. The van der Waals surface area contributed by atoms with Crippen LogP contribution in [-0.2, 0) is 9.53 Å². The fourth-order valence-electron chi connectivity index (χ4n) is 2.15. The van der Waals surface area contributed by atoms with E-state index in [0.29, 0.717) is 13.1 Å². The summed E-state index contributed by atoms with van der Waals surface area (Å²) in [6.45, 7) is 6.49. The van der Waals surface area contributed by atoms with Gasteiger partial charge in [0.2, 0.25) is 5.91 Å². The molecule has 0 atom stereocenters. The average molecular weight is 257 g/mol. The maximum atomic E-state index is 11.9. The quantitative estimate of drug-likeness (QED) is 0.658. The molecule has 0 aromatic heterocycles. The van der Waals surface area contributed by atoms with Crippen molar-refractivity contribution in [2.45, 2.75) is 38.6 Å². The Morgan fingerprint density at radius 2 is 2.11 bits per heavy atom. The van der Waals surface area contributed by atoms with Gasteiger partial charge in [0.15, 0.2) is 0 Å². The number of nitrogens with one attached hydrogen (secondary N) is 1. The zero-order chi connectivity index (χ0) is 13.2. The smallest absolute Gasteiger partial charge is 0.234 e. The third kappa shape index (κ3) is 6.33. The first kappa shape index (κ1) is 15.4. The maximum Gasteiger partial charge on any atom is 0.234 e. The van der Waals surface area contributed by atoms with Gasteiger partial charge in [0, 0.05) is 32.3 Å². The second-order valence-corrected chi connectivity index (χ2v) is 4.87. The summed E-state index contributed by atoms with van der Waals surface area (Å²) < 4.78 is 5.28. The van der Waals surface area contributed by atoms with Gasteiger partial charge >= 0.3 is 0 Å². The molecule has 5 nitrogen and oxygen atoms in total. The normalized spacial score (nSPS) is 17.1. The summed E-state index contributed by atoms with van der Waals surface area (Å²) in [5, 5.41) is 3.08. The summed E-state index contributed by atoms with van der Waals surface area (Å²) in [4.78, 5) is 14.1. The summed E-state index contributed by atoms with van der Waals surface area (Å²) in [7, 11) is 0. The third-order valence-electron chi connectivity index (χ3n) is 3.23. The van der Waals surface area contributed by atoms with Crippen LogP contribution in [0, 0.1) is 0 Å². The summed E-state index contributed by atoms with van der Waals surface area (Å²) in [5.41, 5.74) is 5.57. The Hall–Kier alpha value is -0.650. The average Bonchev–Trinajstić information content (AvgIpc) is 2.37. The molecule has 1 amide bonds. The van der Waals surface area contributed by atoms with E-state index in [1.807, 2.05) is 0 Å². The molecule has 0 spiro atoms. The lowest BCUT2D eigenvalue weighted by Crippen LogP contribution is -2.45. The molecule has 1 aliphatic heterocycles. The molecule has 0 aromatic rings. The number of nitrogens with zero attached hydrogens (tertiary/aromatic N) is 1. The molecule has 5 heteroatoms. The van der Waals surface area contributed by atoms with Crippen molar-refractivity contribution in [1.82, 2.24) is 10.2 Å². The Balaban J connectivity index is 2.25. The van der Waals surface area contributed by atoms with Crippen molar-refractivity contribution >= 4 is 5.91 Å². The molecule has 1 fully saturated rings. The molecule has 3 N–H and O–H groups in total. The Morgan fingerprint density at radius 1 is 1.39 bits per heavy atom. The second kappa shape index (κ2) is 9.30. The van der Waals surface area contributed by atoms with Crippen LogP contribution in [-0.4, -0.2) is 56.2 Å². The van der Waals surface area contributed by atoms with Gasteiger partial charge < -0.3 is 15.8 Å². The van der Waals surface area contributed by atoms with Gasteiger partial charge in [-0.1, -0.05) is 13.3 Å². The molecular formula is C13H27N3O2. The SMILES string of the molecule is CCCCN(CCN)CC(=O)NC1CCOCC1. The Morgan fingerprint density at radius 3 is 2.72 bits per heavy atom. The van der Waals surface area contributed by atoms with Gasteiger partial charge in [0.05, 0.1) is 6.54 Å². The molecule has 0 bridgehead atoms. The molecule has 1 aliphatic rings. The molecule has 0 unspecified atom stereocenters. The fraction of sp³-hybridized carbons (Fsp3) is 0.923. The number of hydrogen-bond acceptors (Lipinski definition) is 4. The monoisotopic (exact) mass is 257 g/mol. The van der Waals surface area contributed by atoms with Crippen molar-refractivity contribution < 1.29 is 9.53 Å². The van der Waals surface area contributed by atoms with Crippen LogP contribution < -0.4 is 11.1 Å². The minimum absolute atomic E-state index is 0.117. The van der Waals surface area contributed by atoms with Crippen LogP contribution in [0.4, 0.5) is 0 Å². The number of carbonyl (C=O) groups excluding carboxylic acids is 1. The highest BCUT2D eigenvalue weighted by Crippen LogP contribution is 2.06. The first-order valence-electron chi connectivity index (χ1n) is 7.05. The molecule has 1 heterocycles.